The molecule has 1 saturated heterocycles. The number of nitrogens with zero attached hydrogens (tertiary/aromatic N) is 4. The van der Waals surface area contributed by atoms with Crippen LogP contribution in [0, 0.1) is 0 Å². The fraction of sp³-hybridized carbons (Fsp3) is 0.333. The largest absolute Gasteiger partial charge is 0.343 e. The number of benzene rings is 1. The van der Waals surface area contributed by atoms with Crippen molar-refractivity contribution in [1.29, 1.82) is 0 Å². The molecular weight excluding hydrogens is 322 g/mol. The number of fused-ring (bicyclic) bond motifs is 1. The van der Waals surface area contributed by atoms with E-state index < -0.39 is 0 Å². The van der Waals surface area contributed by atoms with Crippen molar-refractivity contribution in [3.63, 3.8) is 0 Å². The summed E-state index contributed by atoms with van der Waals surface area (Å²) in [5, 5.41) is 9.93. The number of rotatable bonds is 5. The summed E-state index contributed by atoms with van der Waals surface area (Å²) >= 11 is 0. The van der Waals surface area contributed by atoms with Gasteiger partial charge in [-0.25, -0.2) is 4.98 Å². The van der Waals surface area contributed by atoms with Gasteiger partial charge in [0.25, 0.3) is 0 Å². The van der Waals surface area contributed by atoms with E-state index in [2.05, 4.69) is 58.1 Å². The van der Waals surface area contributed by atoms with E-state index >= 15 is 0 Å². The second-order valence-electron chi connectivity index (χ2n) is 7.22. The maximum absolute atomic E-state index is 4.54. The molecule has 3 heterocycles. The second kappa shape index (κ2) is 6.92. The van der Waals surface area contributed by atoms with E-state index in [1.807, 2.05) is 30.3 Å². The maximum Gasteiger partial charge on any atom is 0.130 e. The van der Waals surface area contributed by atoms with Gasteiger partial charge in [0.05, 0.1) is 6.20 Å². The highest BCUT2D eigenvalue weighted by Crippen LogP contribution is 2.25. The van der Waals surface area contributed by atoms with Crippen LogP contribution in [0.5, 0.6) is 0 Å². The molecule has 1 atom stereocenters. The van der Waals surface area contributed by atoms with E-state index in [0.29, 0.717) is 6.04 Å². The Labute approximate surface area is 154 Å². The molecule has 1 N–H and O–H groups in total. The summed E-state index contributed by atoms with van der Waals surface area (Å²) in [4.78, 5) is 7.01. The van der Waals surface area contributed by atoms with Gasteiger partial charge in [0, 0.05) is 48.7 Å². The third-order valence-corrected chi connectivity index (χ3v) is 5.15. The number of likely N-dealkylation sites (tertiary alicyclic amines) is 1. The zero-order valence-corrected chi connectivity index (χ0v) is 15.4. The molecular formula is C21H25N5. The number of pyridine rings is 1. The Balaban J connectivity index is 1.53. The molecule has 26 heavy (non-hydrogen) atoms. The monoisotopic (exact) mass is 347 g/mol. The van der Waals surface area contributed by atoms with Crippen LogP contribution in [0.2, 0.25) is 0 Å². The van der Waals surface area contributed by atoms with Gasteiger partial charge >= 0.3 is 0 Å². The Morgan fingerprint density at radius 3 is 2.85 bits per heavy atom. The van der Waals surface area contributed by atoms with Crippen molar-refractivity contribution in [2.75, 3.05) is 18.4 Å². The minimum atomic E-state index is 0.639. The lowest BCUT2D eigenvalue weighted by Gasteiger charge is -2.22. The van der Waals surface area contributed by atoms with Crippen LogP contribution >= 0.6 is 0 Å². The minimum absolute atomic E-state index is 0.639. The van der Waals surface area contributed by atoms with E-state index in [-0.39, 0.29) is 0 Å². The Bertz CT molecular complexity index is 942. The Hall–Kier alpha value is -2.66. The summed E-state index contributed by atoms with van der Waals surface area (Å²) in [6, 6.07) is 9.13. The SMILES string of the molecule is C=C(CN1CCC[C@H]1C)Nc1cc2cc(-c3cnn(C)c3)ccc2cn1. The Kier molecular flexibility index (Phi) is 4.47. The fourth-order valence-corrected chi connectivity index (χ4v) is 3.65. The van der Waals surface area contributed by atoms with Gasteiger partial charge in [0.1, 0.15) is 5.82 Å². The van der Waals surface area contributed by atoms with Crippen molar-refractivity contribution in [2.24, 2.45) is 7.05 Å². The van der Waals surface area contributed by atoms with Crippen molar-refractivity contribution < 1.29 is 0 Å². The molecule has 0 radical (unpaired) electrons. The van der Waals surface area contributed by atoms with Crippen molar-refractivity contribution in [1.82, 2.24) is 19.7 Å². The molecule has 0 unspecified atom stereocenters. The molecule has 2 aromatic heterocycles. The summed E-state index contributed by atoms with van der Waals surface area (Å²) in [5.74, 6) is 0.845. The molecule has 134 valence electrons. The molecule has 1 aliphatic heterocycles. The number of hydrogen-bond acceptors (Lipinski definition) is 4. The van der Waals surface area contributed by atoms with Gasteiger partial charge in [-0.3, -0.25) is 9.58 Å². The second-order valence-corrected chi connectivity index (χ2v) is 7.22. The van der Waals surface area contributed by atoms with Gasteiger partial charge in [-0.15, -0.1) is 0 Å². The van der Waals surface area contributed by atoms with Crippen molar-refractivity contribution in [3.8, 4) is 11.1 Å². The first-order chi connectivity index (χ1) is 12.6. The molecule has 1 aromatic carbocycles. The lowest BCUT2D eigenvalue weighted by atomic mass is 10.1. The summed E-state index contributed by atoms with van der Waals surface area (Å²) in [6.45, 7) is 8.50. The lowest BCUT2D eigenvalue weighted by molar-refractivity contribution is 0.292. The summed E-state index contributed by atoms with van der Waals surface area (Å²) < 4.78 is 1.82. The van der Waals surface area contributed by atoms with E-state index in [4.69, 9.17) is 0 Å². The zero-order valence-electron chi connectivity index (χ0n) is 15.4. The normalized spacial score (nSPS) is 17.7. The first-order valence-corrected chi connectivity index (χ1v) is 9.16. The molecule has 3 aromatic rings. The van der Waals surface area contributed by atoms with Gasteiger partial charge in [-0.05, 0) is 49.4 Å². The van der Waals surface area contributed by atoms with E-state index in [9.17, 15) is 0 Å². The van der Waals surface area contributed by atoms with Crippen LogP contribution in [-0.4, -0.2) is 38.8 Å². The van der Waals surface area contributed by atoms with Gasteiger partial charge in [0.2, 0.25) is 0 Å². The molecule has 1 fully saturated rings. The molecule has 0 bridgehead atoms. The van der Waals surface area contributed by atoms with Gasteiger partial charge in [-0.2, -0.15) is 5.10 Å². The van der Waals surface area contributed by atoms with E-state index in [1.165, 1.54) is 12.8 Å². The van der Waals surface area contributed by atoms with Crippen LogP contribution in [0.25, 0.3) is 21.9 Å². The molecule has 0 saturated carbocycles. The lowest BCUT2D eigenvalue weighted by Crippen LogP contribution is -2.30. The van der Waals surface area contributed by atoms with Gasteiger partial charge < -0.3 is 5.32 Å². The number of aryl methyl sites for hydroxylation is 1. The highest BCUT2D eigenvalue weighted by Gasteiger charge is 2.20. The molecule has 5 heteroatoms. The van der Waals surface area contributed by atoms with Crippen LogP contribution in [0.1, 0.15) is 19.8 Å². The fourth-order valence-electron chi connectivity index (χ4n) is 3.65. The first-order valence-electron chi connectivity index (χ1n) is 9.16. The van der Waals surface area contributed by atoms with E-state index in [1.54, 1.807) is 0 Å². The number of hydrogen-bond donors (Lipinski definition) is 1. The number of nitrogens with one attached hydrogen (secondary N) is 1. The highest BCUT2D eigenvalue weighted by atomic mass is 15.2. The Morgan fingerprint density at radius 1 is 1.23 bits per heavy atom. The van der Waals surface area contributed by atoms with Crippen LogP contribution in [-0.2, 0) is 7.05 Å². The van der Waals surface area contributed by atoms with Crippen LogP contribution in [0.3, 0.4) is 0 Å². The number of anilines is 1. The van der Waals surface area contributed by atoms with Crippen LogP contribution in [0.4, 0.5) is 5.82 Å². The van der Waals surface area contributed by atoms with E-state index in [0.717, 1.165) is 46.5 Å². The minimum Gasteiger partial charge on any atom is -0.343 e. The molecule has 1 aliphatic rings. The number of aromatic nitrogens is 3. The topological polar surface area (TPSA) is 46.0 Å². The summed E-state index contributed by atoms with van der Waals surface area (Å²) in [7, 11) is 1.93. The average molecular weight is 347 g/mol. The van der Waals surface area contributed by atoms with Gasteiger partial charge in [-0.1, -0.05) is 18.7 Å². The standard InChI is InChI=1S/C21H25N5/c1-15(13-26-8-4-5-16(26)2)24-21-10-19-9-17(6-7-18(19)11-22-21)20-12-23-25(3)14-20/h6-7,9-12,14,16H,1,4-5,8,13H2,2-3H3,(H,22,24)/t16-/m1/s1. The Morgan fingerprint density at radius 2 is 2.12 bits per heavy atom. The molecule has 4 rings (SSSR count). The van der Waals surface area contributed by atoms with Crippen molar-refractivity contribution in [3.05, 3.63) is 55.1 Å². The van der Waals surface area contributed by atoms with Gasteiger partial charge in [0.15, 0.2) is 0 Å². The van der Waals surface area contributed by atoms with Crippen LogP contribution < -0.4 is 5.32 Å². The van der Waals surface area contributed by atoms with Crippen LogP contribution in [0.15, 0.2) is 55.1 Å². The third kappa shape index (κ3) is 3.48. The predicted molar refractivity (Wildman–Crippen MR) is 107 cm³/mol. The molecule has 0 amide bonds. The predicted octanol–water partition coefficient (Wildman–Crippen LogP) is 4.05. The molecule has 0 spiro atoms. The highest BCUT2D eigenvalue weighted by molar-refractivity contribution is 5.88. The first kappa shape index (κ1) is 16.8. The molecule has 5 nitrogen and oxygen atoms in total. The average Bonchev–Trinajstić information content (AvgIpc) is 3.23. The van der Waals surface area contributed by atoms with Crippen molar-refractivity contribution >= 4 is 16.6 Å². The summed E-state index contributed by atoms with van der Waals surface area (Å²) in [6.07, 6.45) is 8.38. The van der Waals surface area contributed by atoms with Crippen molar-refractivity contribution in [2.45, 2.75) is 25.8 Å². The maximum atomic E-state index is 4.54. The quantitative estimate of drug-likeness (QED) is 0.756. The third-order valence-electron chi connectivity index (χ3n) is 5.15. The smallest absolute Gasteiger partial charge is 0.130 e. The molecule has 0 aliphatic carbocycles. The zero-order chi connectivity index (χ0) is 18.1. The summed E-state index contributed by atoms with van der Waals surface area (Å²) in [5.41, 5.74) is 3.27.